The zero-order valence-electron chi connectivity index (χ0n) is 17.7. The summed E-state index contributed by atoms with van der Waals surface area (Å²) in [7, 11) is 3.58. The van der Waals surface area contributed by atoms with Crippen LogP contribution in [0.25, 0.3) is 16.9 Å². The van der Waals surface area contributed by atoms with Gasteiger partial charge in [-0.15, -0.1) is 0 Å². The molecule has 1 atom stereocenters. The molecule has 1 saturated carbocycles. The van der Waals surface area contributed by atoms with E-state index in [9.17, 15) is 18.0 Å². The Bertz CT molecular complexity index is 1110. The normalized spacial score (nSPS) is 15.2. The first-order valence-electron chi connectivity index (χ1n) is 10.2. The number of carbonyl (C=O) groups excluding carboxylic acids is 1. The first-order chi connectivity index (χ1) is 15.2. The predicted octanol–water partition coefficient (Wildman–Crippen LogP) is 4.63. The van der Waals surface area contributed by atoms with Gasteiger partial charge in [0.05, 0.1) is 25.0 Å². The van der Waals surface area contributed by atoms with Gasteiger partial charge in [-0.2, -0.15) is 18.2 Å². The van der Waals surface area contributed by atoms with Crippen molar-refractivity contribution in [1.29, 1.82) is 0 Å². The molecule has 1 fully saturated rings. The maximum atomic E-state index is 12.3. The number of urea groups is 1. The van der Waals surface area contributed by atoms with E-state index in [0.717, 1.165) is 22.5 Å². The second kappa shape index (κ2) is 8.79. The van der Waals surface area contributed by atoms with Crippen LogP contribution in [0.1, 0.15) is 24.4 Å². The van der Waals surface area contributed by atoms with Crippen molar-refractivity contribution in [3.8, 4) is 11.3 Å². The Hall–Kier alpha value is -3.11. The van der Waals surface area contributed by atoms with Gasteiger partial charge in [0.25, 0.3) is 0 Å². The average Bonchev–Trinajstić information content (AvgIpc) is 3.49. The molecule has 2 heterocycles. The van der Waals surface area contributed by atoms with Crippen LogP contribution in [0.5, 0.6) is 0 Å². The Labute approximate surface area is 183 Å². The van der Waals surface area contributed by atoms with Crippen molar-refractivity contribution in [2.75, 3.05) is 26.0 Å². The third-order valence-corrected chi connectivity index (χ3v) is 5.49. The number of anilines is 1. The van der Waals surface area contributed by atoms with Crippen LogP contribution in [-0.4, -0.2) is 47.4 Å². The highest BCUT2D eigenvalue weighted by atomic mass is 19.4. The molecule has 10 heteroatoms. The standard InChI is InChI=1S/C22H24F3N5O2/c1-29(32-2)20(14-6-7-14)16-8-9-30-18(12-26-19(30)11-16)15-4-3-5-17(10-15)28-21(31)27-13-22(23,24)25/h3-5,8-12,14,20H,6-7,13H2,1-2H3,(H2,27,28,31). The highest BCUT2D eigenvalue weighted by molar-refractivity contribution is 5.90. The molecule has 3 aromatic rings. The summed E-state index contributed by atoms with van der Waals surface area (Å²) >= 11 is 0. The zero-order valence-corrected chi connectivity index (χ0v) is 17.7. The highest BCUT2D eigenvalue weighted by Crippen LogP contribution is 2.44. The fraction of sp³-hybridized carbons (Fsp3) is 0.364. The van der Waals surface area contributed by atoms with E-state index in [2.05, 4.69) is 10.3 Å². The van der Waals surface area contributed by atoms with Crippen molar-refractivity contribution in [3.63, 3.8) is 0 Å². The summed E-state index contributed by atoms with van der Waals surface area (Å²) in [5.74, 6) is 0.558. The Morgan fingerprint density at radius 1 is 1.31 bits per heavy atom. The van der Waals surface area contributed by atoms with Gasteiger partial charge in [-0.1, -0.05) is 12.1 Å². The number of pyridine rings is 1. The number of aromatic nitrogens is 2. The van der Waals surface area contributed by atoms with Crippen LogP contribution in [0.4, 0.5) is 23.7 Å². The lowest BCUT2D eigenvalue weighted by Gasteiger charge is -2.26. The van der Waals surface area contributed by atoms with Gasteiger partial charge in [-0.25, -0.2) is 9.78 Å². The molecule has 7 nitrogen and oxygen atoms in total. The number of hydrogen-bond acceptors (Lipinski definition) is 4. The fourth-order valence-corrected chi connectivity index (χ4v) is 3.81. The smallest absolute Gasteiger partial charge is 0.329 e. The van der Waals surface area contributed by atoms with E-state index in [1.54, 1.807) is 36.8 Å². The molecule has 4 rings (SSSR count). The number of nitrogens with zero attached hydrogens (tertiary/aromatic N) is 3. The minimum atomic E-state index is -4.47. The number of rotatable bonds is 7. The second-order valence-electron chi connectivity index (χ2n) is 7.85. The number of hydroxylamine groups is 2. The summed E-state index contributed by atoms with van der Waals surface area (Å²) in [5, 5.41) is 6.09. The number of amides is 2. The van der Waals surface area contributed by atoms with Crippen molar-refractivity contribution in [1.82, 2.24) is 19.8 Å². The quantitative estimate of drug-likeness (QED) is 0.518. The molecular formula is C22H24F3N5O2. The number of carbonyl (C=O) groups is 1. The molecule has 170 valence electrons. The minimum Gasteiger partial charge on any atom is -0.329 e. The number of fused-ring (bicyclic) bond motifs is 1. The van der Waals surface area contributed by atoms with Crippen LogP contribution in [0.2, 0.25) is 0 Å². The third-order valence-electron chi connectivity index (χ3n) is 5.49. The van der Waals surface area contributed by atoms with Crippen LogP contribution in [0, 0.1) is 5.92 Å². The molecule has 0 aliphatic heterocycles. The van der Waals surface area contributed by atoms with Gasteiger partial charge in [-0.05, 0) is 48.6 Å². The Balaban J connectivity index is 1.55. The average molecular weight is 447 g/mol. The first kappa shape index (κ1) is 22.1. The Kier molecular flexibility index (Phi) is 6.07. The van der Waals surface area contributed by atoms with Gasteiger partial charge < -0.3 is 15.5 Å². The lowest BCUT2D eigenvalue weighted by Crippen LogP contribution is -2.36. The van der Waals surface area contributed by atoms with Crippen molar-refractivity contribution in [2.24, 2.45) is 5.92 Å². The largest absolute Gasteiger partial charge is 0.405 e. The molecule has 2 N–H and O–H groups in total. The molecule has 32 heavy (non-hydrogen) atoms. The maximum Gasteiger partial charge on any atom is 0.405 e. The first-order valence-corrected chi connectivity index (χ1v) is 10.2. The number of halogens is 3. The SMILES string of the molecule is CON(C)C(c1ccn2c(-c3cccc(NC(=O)NCC(F)(F)F)c3)cnc2c1)C1CC1. The maximum absolute atomic E-state index is 12.3. The van der Waals surface area contributed by atoms with Gasteiger partial charge in [0, 0.05) is 24.5 Å². The van der Waals surface area contributed by atoms with Crippen LogP contribution in [0.15, 0.2) is 48.8 Å². The number of nitrogens with one attached hydrogen (secondary N) is 2. The summed E-state index contributed by atoms with van der Waals surface area (Å²) < 4.78 is 38.8. The molecule has 1 aromatic carbocycles. The van der Waals surface area contributed by atoms with Crippen LogP contribution in [-0.2, 0) is 4.84 Å². The lowest BCUT2D eigenvalue weighted by molar-refractivity contribution is -0.148. The minimum absolute atomic E-state index is 0.160. The Morgan fingerprint density at radius 3 is 2.78 bits per heavy atom. The summed E-state index contributed by atoms with van der Waals surface area (Å²) in [6.07, 6.45) is 1.54. The number of alkyl halides is 3. The molecule has 1 unspecified atom stereocenters. The van der Waals surface area contributed by atoms with E-state index in [0.29, 0.717) is 11.6 Å². The van der Waals surface area contributed by atoms with E-state index in [1.165, 1.54) is 12.8 Å². The van der Waals surface area contributed by atoms with Gasteiger partial charge in [0.2, 0.25) is 0 Å². The molecule has 0 spiro atoms. The third kappa shape index (κ3) is 5.03. The highest BCUT2D eigenvalue weighted by Gasteiger charge is 2.35. The number of hydrogen-bond donors (Lipinski definition) is 2. The molecule has 1 aliphatic carbocycles. The van der Waals surface area contributed by atoms with E-state index < -0.39 is 18.8 Å². The van der Waals surface area contributed by atoms with Crippen molar-refractivity contribution in [2.45, 2.75) is 25.1 Å². The summed E-state index contributed by atoms with van der Waals surface area (Å²) in [4.78, 5) is 21.7. The van der Waals surface area contributed by atoms with Crippen LogP contribution < -0.4 is 10.6 Å². The van der Waals surface area contributed by atoms with Gasteiger partial charge in [0.15, 0.2) is 0 Å². The number of imidazole rings is 1. The van der Waals surface area contributed by atoms with Gasteiger partial charge in [-0.3, -0.25) is 4.40 Å². The van der Waals surface area contributed by atoms with E-state index in [4.69, 9.17) is 4.84 Å². The second-order valence-corrected chi connectivity index (χ2v) is 7.85. The molecular weight excluding hydrogens is 423 g/mol. The van der Waals surface area contributed by atoms with E-state index in [-0.39, 0.29) is 6.04 Å². The Morgan fingerprint density at radius 2 is 2.09 bits per heavy atom. The van der Waals surface area contributed by atoms with Crippen LogP contribution >= 0.6 is 0 Å². The van der Waals surface area contributed by atoms with Crippen molar-refractivity contribution in [3.05, 3.63) is 54.4 Å². The summed E-state index contributed by atoms with van der Waals surface area (Å²) in [5.41, 5.74) is 3.84. The molecule has 0 saturated heterocycles. The molecule has 0 radical (unpaired) electrons. The lowest BCUT2D eigenvalue weighted by atomic mass is 10.0. The molecule has 2 amide bonds. The molecule has 2 aromatic heterocycles. The fourth-order valence-electron chi connectivity index (χ4n) is 3.81. The molecule has 0 bridgehead atoms. The van der Waals surface area contributed by atoms with E-state index in [1.807, 2.05) is 40.9 Å². The van der Waals surface area contributed by atoms with Gasteiger partial charge >= 0.3 is 12.2 Å². The summed E-state index contributed by atoms with van der Waals surface area (Å²) in [6, 6.07) is 10.2. The molecule has 1 aliphatic rings. The topological polar surface area (TPSA) is 70.9 Å². The predicted molar refractivity (Wildman–Crippen MR) is 114 cm³/mol. The monoisotopic (exact) mass is 447 g/mol. The summed E-state index contributed by atoms with van der Waals surface area (Å²) in [6.45, 7) is -1.39. The van der Waals surface area contributed by atoms with Crippen LogP contribution in [0.3, 0.4) is 0 Å². The van der Waals surface area contributed by atoms with Crippen molar-refractivity contribution < 1.29 is 22.8 Å². The van der Waals surface area contributed by atoms with Gasteiger partial charge in [0.1, 0.15) is 12.2 Å². The zero-order chi connectivity index (χ0) is 22.9. The van der Waals surface area contributed by atoms with Crippen molar-refractivity contribution >= 4 is 17.4 Å². The number of benzene rings is 1. The van der Waals surface area contributed by atoms with E-state index >= 15 is 0 Å².